The fourth-order valence-electron chi connectivity index (χ4n) is 3.16. The Morgan fingerprint density at radius 1 is 0.967 bits per heavy atom. The van der Waals surface area contributed by atoms with Crippen LogP contribution in [0.2, 0.25) is 5.02 Å². The van der Waals surface area contributed by atoms with Gasteiger partial charge in [0.15, 0.2) is 0 Å². The number of carboxylic acids is 1. The second kappa shape index (κ2) is 8.39. The van der Waals surface area contributed by atoms with Crippen LogP contribution >= 0.6 is 11.6 Å². The second-order valence-electron chi connectivity index (χ2n) is 7.00. The maximum Gasteiger partial charge on any atom is 0.335 e. The number of carbonyl (C=O) groups is 1. The van der Waals surface area contributed by atoms with Crippen LogP contribution in [0.5, 0.6) is 0 Å². The van der Waals surface area contributed by atoms with Gasteiger partial charge < -0.3 is 10.1 Å². The number of nitrogens with one attached hydrogen (secondary N) is 1. The first-order chi connectivity index (χ1) is 14.5. The van der Waals surface area contributed by atoms with Gasteiger partial charge in [0.05, 0.1) is 22.5 Å². The fourth-order valence-corrected chi connectivity index (χ4v) is 3.50. The van der Waals surface area contributed by atoms with Crippen molar-refractivity contribution in [1.82, 2.24) is 9.97 Å². The van der Waals surface area contributed by atoms with Crippen LogP contribution in [-0.4, -0.2) is 21.0 Å². The highest BCUT2D eigenvalue weighted by molar-refractivity contribution is 6.33. The Hall–Kier alpha value is -3.63. The molecule has 0 aliphatic heterocycles. The number of imidazole rings is 1. The highest BCUT2D eigenvalue weighted by atomic mass is 35.5. The van der Waals surface area contributed by atoms with Crippen LogP contribution in [0.15, 0.2) is 72.9 Å². The van der Waals surface area contributed by atoms with Gasteiger partial charge in [-0.3, -0.25) is 0 Å². The molecule has 0 atom stereocenters. The SMILES string of the molecule is Cc1ccc(-c2cnc(/C=C/c3ccc(-c4ccc(C(=O)O)cc4)cc3)[nH]2)c(Cl)c1. The Labute approximate surface area is 179 Å². The fraction of sp³-hybridized carbons (Fsp3) is 0.0400. The number of carboxylic acid groups (broad SMARTS) is 1. The summed E-state index contributed by atoms with van der Waals surface area (Å²) in [7, 11) is 0. The summed E-state index contributed by atoms with van der Waals surface area (Å²) >= 11 is 6.34. The first kappa shape index (κ1) is 19.7. The molecular formula is C25H19ClN2O2. The van der Waals surface area contributed by atoms with Crippen molar-refractivity contribution in [2.24, 2.45) is 0 Å². The van der Waals surface area contributed by atoms with Crippen LogP contribution in [0, 0.1) is 6.92 Å². The van der Waals surface area contributed by atoms with Gasteiger partial charge in [-0.1, -0.05) is 66.2 Å². The van der Waals surface area contributed by atoms with Crippen molar-refractivity contribution in [2.75, 3.05) is 0 Å². The summed E-state index contributed by atoms with van der Waals surface area (Å²) in [5, 5.41) is 9.70. The first-order valence-corrected chi connectivity index (χ1v) is 9.81. The van der Waals surface area contributed by atoms with E-state index >= 15 is 0 Å². The Balaban J connectivity index is 1.48. The first-order valence-electron chi connectivity index (χ1n) is 9.43. The van der Waals surface area contributed by atoms with Crippen LogP contribution in [0.4, 0.5) is 0 Å². The number of aryl methyl sites for hydroxylation is 1. The Kier molecular flexibility index (Phi) is 5.50. The third kappa shape index (κ3) is 4.34. The average Bonchev–Trinajstić information content (AvgIpc) is 3.21. The van der Waals surface area contributed by atoms with Gasteiger partial charge in [-0.2, -0.15) is 0 Å². The number of H-pyrrole nitrogens is 1. The number of nitrogens with zero attached hydrogens (tertiary/aromatic N) is 1. The monoisotopic (exact) mass is 414 g/mol. The number of aromatic carboxylic acids is 1. The summed E-state index contributed by atoms with van der Waals surface area (Å²) in [6.07, 6.45) is 5.68. The smallest absolute Gasteiger partial charge is 0.335 e. The molecule has 0 amide bonds. The lowest BCUT2D eigenvalue weighted by Crippen LogP contribution is -1.94. The van der Waals surface area contributed by atoms with Crippen molar-refractivity contribution >= 4 is 29.7 Å². The van der Waals surface area contributed by atoms with Gasteiger partial charge in [-0.15, -0.1) is 0 Å². The molecule has 0 unspecified atom stereocenters. The number of rotatable bonds is 5. The van der Waals surface area contributed by atoms with Gasteiger partial charge in [0, 0.05) is 5.56 Å². The third-order valence-corrected chi connectivity index (χ3v) is 5.13. The third-order valence-electron chi connectivity index (χ3n) is 4.82. The van der Waals surface area contributed by atoms with Gasteiger partial charge in [0.2, 0.25) is 0 Å². The lowest BCUT2D eigenvalue weighted by molar-refractivity contribution is 0.0697. The van der Waals surface area contributed by atoms with E-state index in [1.54, 1.807) is 18.3 Å². The summed E-state index contributed by atoms with van der Waals surface area (Å²) in [6, 6.07) is 20.8. The molecule has 5 heteroatoms. The van der Waals surface area contributed by atoms with Crippen LogP contribution in [0.1, 0.15) is 27.3 Å². The van der Waals surface area contributed by atoms with E-state index in [2.05, 4.69) is 9.97 Å². The molecule has 0 aliphatic carbocycles. The zero-order valence-corrected chi connectivity index (χ0v) is 17.0. The molecule has 30 heavy (non-hydrogen) atoms. The van der Waals surface area contributed by atoms with Crippen LogP contribution in [0.3, 0.4) is 0 Å². The van der Waals surface area contributed by atoms with Crippen LogP contribution in [-0.2, 0) is 0 Å². The standard InChI is InChI=1S/C25H19ClN2O2/c1-16-2-12-21(22(26)14-16)23-15-27-24(28-23)13-5-17-3-6-18(7-4-17)19-8-10-20(11-9-19)25(29)30/h2-15H,1H3,(H,27,28)(H,29,30)/b13-5+. The molecule has 1 aromatic heterocycles. The topological polar surface area (TPSA) is 66.0 Å². The molecule has 4 aromatic rings. The Morgan fingerprint density at radius 3 is 2.27 bits per heavy atom. The summed E-state index contributed by atoms with van der Waals surface area (Å²) < 4.78 is 0. The van der Waals surface area contributed by atoms with Gasteiger partial charge >= 0.3 is 5.97 Å². The highest BCUT2D eigenvalue weighted by Crippen LogP contribution is 2.27. The molecule has 4 rings (SSSR count). The average molecular weight is 415 g/mol. The van der Waals surface area contributed by atoms with E-state index in [1.165, 1.54) is 0 Å². The maximum absolute atomic E-state index is 11.0. The summed E-state index contributed by atoms with van der Waals surface area (Å²) in [6.45, 7) is 2.01. The van der Waals surface area contributed by atoms with Crippen LogP contribution in [0.25, 0.3) is 34.5 Å². The number of aromatic amines is 1. The van der Waals surface area contributed by atoms with Crippen molar-refractivity contribution in [3.8, 4) is 22.4 Å². The minimum atomic E-state index is -0.923. The number of halogens is 1. The summed E-state index contributed by atoms with van der Waals surface area (Å²) in [5.74, 6) is -0.178. The molecule has 2 N–H and O–H groups in total. The minimum absolute atomic E-state index is 0.281. The van der Waals surface area contributed by atoms with Gasteiger partial charge in [-0.05, 0) is 53.5 Å². The molecule has 0 aliphatic rings. The minimum Gasteiger partial charge on any atom is -0.478 e. The lowest BCUT2D eigenvalue weighted by atomic mass is 10.0. The van der Waals surface area contributed by atoms with E-state index in [9.17, 15) is 4.79 Å². The van der Waals surface area contributed by atoms with E-state index in [0.717, 1.165) is 39.3 Å². The predicted octanol–water partition coefficient (Wildman–Crippen LogP) is 6.57. The molecule has 0 bridgehead atoms. The second-order valence-corrected chi connectivity index (χ2v) is 7.41. The molecule has 148 valence electrons. The van der Waals surface area contributed by atoms with Crippen molar-refractivity contribution in [3.05, 3.63) is 100 Å². The van der Waals surface area contributed by atoms with Gasteiger partial charge in [0.25, 0.3) is 0 Å². The Morgan fingerprint density at radius 2 is 1.63 bits per heavy atom. The lowest BCUT2D eigenvalue weighted by Gasteiger charge is -2.03. The zero-order chi connectivity index (χ0) is 21.1. The maximum atomic E-state index is 11.0. The van der Waals surface area contributed by atoms with E-state index in [-0.39, 0.29) is 5.56 Å². The van der Waals surface area contributed by atoms with E-state index < -0.39 is 5.97 Å². The van der Waals surface area contributed by atoms with E-state index in [1.807, 2.05) is 73.7 Å². The van der Waals surface area contributed by atoms with Crippen molar-refractivity contribution in [1.29, 1.82) is 0 Å². The number of benzene rings is 3. The van der Waals surface area contributed by atoms with Crippen molar-refractivity contribution in [3.63, 3.8) is 0 Å². The summed E-state index contributed by atoms with van der Waals surface area (Å²) in [4.78, 5) is 18.7. The molecule has 0 radical (unpaired) electrons. The number of aromatic nitrogens is 2. The van der Waals surface area contributed by atoms with E-state index in [4.69, 9.17) is 16.7 Å². The quantitative estimate of drug-likeness (QED) is 0.388. The van der Waals surface area contributed by atoms with E-state index in [0.29, 0.717) is 5.02 Å². The molecule has 0 spiro atoms. The number of hydrogen-bond acceptors (Lipinski definition) is 2. The van der Waals surface area contributed by atoms with Crippen molar-refractivity contribution in [2.45, 2.75) is 6.92 Å². The Bertz CT molecular complexity index is 1220. The molecule has 1 heterocycles. The number of hydrogen-bond donors (Lipinski definition) is 2. The van der Waals surface area contributed by atoms with Crippen LogP contribution < -0.4 is 0 Å². The highest BCUT2D eigenvalue weighted by Gasteiger charge is 2.06. The molecule has 4 nitrogen and oxygen atoms in total. The molecule has 0 saturated heterocycles. The molecule has 3 aromatic carbocycles. The van der Waals surface area contributed by atoms with Crippen molar-refractivity contribution < 1.29 is 9.90 Å². The van der Waals surface area contributed by atoms with Gasteiger partial charge in [0.1, 0.15) is 5.82 Å². The largest absolute Gasteiger partial charge is 0.478 e. The molecular weight excluding hydrogens is 396 g/mol. The van der Waals surface area contributed by atoms with Gasteiger partial charge in [-0.25, -0.2) is 9.78 Å². The normalized spacial score (nSPS) is 11.1. The zero-order valence-electron chi connectivity index (χ0n) is 16.3. The molecule has 0 fully saturated rings. The molecule has 0 saturated carbocycles. The predicted molar refractivity (Wildman–Crippen MR) is 122 cm³/mol. The summed E-state index contributed by atoms with van der Waals surface area (Å²) in [5.41, 5.74) is 6.23.